The predicted octanol–water partition coefficient (Wildman–Crippen LogP) is 2.74. The highest BCUT2D eigenvalue weighted by molar-refractivity contribution is 5.71. The van der Waals surface area contributed by atoms with Gasteiger partial charge in [0.2, 0.25) is 5.91 Å². The van der Waals surface area contributed by atoms with Crippen LogP contribution in [0.1, 0.15) is 31.1 Å². The molecule has 6 heteroatoms. The molecule has 0 fully saturated rings. The number of carbonyl (C=O) groups excluding carboxylic acids is 1. The van der Waals surface area contributed by atoms with Crippen LogP contribution in [0.25, 0.3) is 0 Å². The van der Waals surface area contributed by atoms with E-state index in [0.29, 0.717) is 6.42 Å². The Morgan fingerprint density at radius 2 is 1.79 bits per heavy atom. The summed E-state index contributed by atoms with van der Waals surface area (Å²) in [6.07, 6.45) is -0.401. The van der Waals surface area contributed by atoms with Gasteiger partial charge < -0.3 is 9.94 Å². The second-order valence-electron chi connectivity index (χ2n) is 5.41. The number of hydroxylamine groups is 2. The first-order valence-electron chi connectivity index (χ1n) is 7.71. The summed E-state index contributed by atoms with van der Waals surface area (Å²) in [7, 11) is 0. The van der Waals surface area contributed by atoms with E-state index in [1.165, 1.54) is 6.92 Å². The van der Waals surface area contributed by atoms with Crippen molar-refractivity contribution in [3.8, 4) is 5.75 Å². The lowest BCUT2D eigenvalue weighted by Gasteiger charge is -2.17. The highest BCUT2D eigenvalue weighted by atomic mass is 16.7. The number of carbonyl (C=O) groups is 1. The van der Waals surface area contributed by atoms with Gasteiger partial charge in [-0.2, -0.15) is 5.48 Å². The number of ether oxygens (including phenoxy) is 1. The third-order valence-electron chi connectivity index (χ3n) is 3.42. The molecule has 3 N–H and O–H groups in total. The minimum Gasteiger partial charge on any atom is -0.486 e. The van der Waals surface area contributed by atoms with Crippen molar-refractivity contribution >= 4 is 5.91 Å². The Morgan fingerprint density at radius 3 is 2.38 bits per heavy atom. The van der Waals surface area contributed by atoms with E-state index in [-0.39, 0.29) is 12.0 Å². The predicted molar refractivity (Wildman–Crippen MR) is 89.2 cm³/mol. The lowest BCUT2D eigenvalue weighted by atomic mass is 10.1. The first-order chi connectivity index (χ1) is 11.6. The molecule has 0 aliphatic heterocycles. The Kier molecular flexibility index (Phi) is 6.74. The summed E-state index contributed by atoms with van der Waals surface area (Å²) in [5.41, 5.74) is 6.22. The van der Waals surface area contributed by atoms with E-state index in [0.717, 1.165) is 16.9 Å². The Bertz CT molecular complexity index is 631. The summed E-state index contributed by atoms with van der Waals surface area (Å²) >= 11 is 0. The molecule has 2 atom stereocenters. The molecule has 128 valence electrons. The van der Waals surface area contributed by atoms with E-state index in [1.807, 2.05) is 67.0 Å². The van der Waals surface area contributed by atoms with E-state index < -0.39 is 6.23 Å². The van der Waals surface area contributed by atoms with Crippen LogP contribution in [0.15, 0.2) is 54.6 Å². The van der Waals surface area contributed by atoms with Crippen molar-refractivity contribution in [2.24, 2.45) is 0 Å². The Balaban J connectivity index is 1.91. The minimum atomic E-state index is -0.732. The third kappa shape index (κ3) is 5.66. The fourth-order valence-corrected chi connectivity index (χ4v) is 2.18. The first-order valence-corrected chi connectivity index (χ1v) is 7.71. The molecule has 0 heterocycles. The number of benzene rings is 2. The summed E-state index contributed by atoms with van der Waals surface area (Å²) in [5.74, 6) is 0.417. The van der Waals surface area contributed by atoms with Crippen molar-refractivity contribution in [2.45, 2.75) is 32.6 Å². The van der Waals surface area contributed by atoms with Gasteiger partial charge in [0, 0.05) is 13.3 Å². The first kappa shape index (κ1) is 17.9. The highest BCUT2D eigenvalue weighted by Crippen LogP contribution is 2.22. The molecule has 1 amide bonds. The average molecular weight is 330 g/mol. The SMILES string of the molecule is CC(=O)NO[C@@H](Cc1ccc(O[C@@H](C)c2ccccc2)cc1)NO. The Morgan fingerprint density at radius 1 is 1.12 bits per heavy atom. The molecule has 0 unspecified atom stereocenters. The fourth-order valence-electron chi connectivity index (χ4n) is 2.18. The van der Waals surface area contributed by atoms with Crippen LogP contribution < -0.4 is 15.7 Å². The van der Waals surface area contributed by atoms with Crippen LogP contribution in [0.5, 0.6) is 5.75 Å². The third-order valence-corrected chi connectivity index (χ3v) is 3.42. The van der Waals surface area contributed by atoms with Crippen LogP contribution in [0.3, 0.4) is 0 Å². The van der Waals surface area contributed by atoms with Crippen molar-refractivity contribution in [2.75, 3.05) is 0 Å². The second-order valence-corrected chi connectivity index (χ2v) is 5.41. The molecular weight excluding hydrogens is 308 g/mol. The average Bonchev–Trinajstić information content (AvgIpc) is 2.60. The van der Waals surface area contributed by atoms with Gasteiger partial charge in [-0.1, -0.05) is 42.5 Å². The molecule has 0 saturated heterocycles. The van der Waals surface area contributed by atoms with Gasteiger partial charge in [0.05, 0.1) is 0 Å². The van der Waals surface area contributed by atoms with Crippen molar-refractivity contribution in [1.29, 1.82) is 0 Å². The van der Waals surface area contributed by atoms with E-state index in [2.05, 4.69) is 5.48 Å². The van der Waals surface area contributed by atoms with Gasteiger partial charge in [-0.15, -0.1) is 0 Å². The van der Waals surface area contributed by atoms with E-state index in [4.69, 9.17) is 14.8 Å². The van der Waals surface area contributed by atoms with Crippen LogP contribution in [-0.2, 0) is 16.1 Å². The summed E-state index contributed by atoms with van der Waals surface area (Å²) in [5, 5.41) is 9.05. The molecule has 2 aromatic rings. The van der Waals surface area contributed by atoms with Crippen molar-refractivity contribution < 1.29 is 19.6 Å². The number of amides is 1. The summed E-state index contributed by atoms with van der Waals surface area (Å²) in [6.45, 7) is 3.32. The summed E-state index contributed by atoms with van der Waals surface area (Å²) in [4.78, 5) is 15.8. The van der Waals surface area contributed by atoms with E-state index in [9.17, 15) is 4.79 Å². The molecule has 0 bridgehead atoms. The van der Waals surface area contributed by atoms with Gasteiger partial charge in [0.15, 0.2) is 6.23 Å². The van der Waals surface area contributed by atoms with Crippen LogP contribution >= 0.6 is 0 Å². The summed E-state index contributed by atoms with van der Waals surface area (Å²) < 4.78 is 5.91. The topological polar surface area (TPSA) is 79.8 Å². The number of rotatable bonds is 8. The quantitative estimate of drug-likeness (QED) is 0.512. The zero-order valence-corrected chi connectivity index (χ0v) is 13.7. The molecule has 6 nitrogen and oxygen atoms in total. The molecule has 0 aliphatic rings. The molecule has 0 aliphatic carbocycles. The normalized spacial score (nSPS) is 13.1. The number of hydrogen-bond acceptors (Lipinski definition) is 5. The van der Waals surface area contributed by atoms with Gasteiger partial charge >= 0.3 is 0 Å². The largest absolute Gasteiger partial charge is 0.486 e. The number of hydrogen-bond donors (Lipinski definition) is 3. The Hall–Kier alpha value is -2.41. The van der Waals surface area contributed by atoms with Gasteiger partial charge in [-0.3, -0.25) is 9.63 Å². The summed E-state index contributed by atoms with van der Waals surface area (Å²) in [6, 6.07) is 17.5. The molecule has 0 saturated carbocycles. The molecule has 24 heavy (non-hydrogen) atoms. The minimum absolute atomic E-state index is 0.0491. The molecular formula is C18H22N2O4. The van der Waals surface area contributed by atoms with Gasteiger partial charge in [0.1, 0.15) is 11.9 Å². The van der Waals surface area contributed by atoms with Crippen molar-refractivity contribution in [3.05, 3.63) is 65.7 Å². The molecule has 0 radical (unpaired) electrons. The lowest BCUT2D eigenvalue weighted by Crippen LogP contribution is -2.37. The maximum Gasteiger partial charge on any atom is 0.240 e. The van der Waals surface area contributed by atoms with Crippen LogP contribution in [0.4, 0.5) is 0 Å². The monoisotopic (exact) mass is 330 g/mol. The maximum absolute atomic E-state index is 10.8. The van der Waals surface area contributed by atoms with Gasteiger partial charge in [0.25, 0.3) is 0 Å². The van der Waals surface area contributed by atoms with Crippen molar-refractivity contribution in [3.63, 3.8) is 0 Å². The highest BCUT2D eigenvalue weighted by Gasteiger charge is 2.11. The molecule has 2 rings (SSSR count). The van der Waals surface area contributed by atoms with Crippen molar-refractivity contribution in [1.82, 2.24) is 11.0 Å². The second kappa shape index (κ2) is 9.02. The van der Waals surface area contributed by atoms with Crippen LogP contribution in [-0.4, -0.2) is 17.3 Å². The standard InChI is InChI=1S/C18H22N2O4/c1-13(16-6-4-3-5-7-16)23-17-10-8-15(9-11-17)12-18(19-22)24-20-14(2)21/h3-11,13,18-19,22H,12H2,1-2H3,(H,20,21)/t13-,18-/m0/s1. The number of nitrogens with one attached hydrogen (secondary N) is 2. The van der Waals surface area contributed by atoms with Gasteiger partial charge in [-0.25, -0.2) is 5.48 Å². The van der Waals surface area contributed by atoms with Crippen LogP contribution in [0, 0.1) is 0 Å². The smallest absolute Gasteiger partial charge is 0.240 e. The molecule has 0 aromatic heterocycles. The fraction of sp³-hybridized carbons (Fsp3) is 0.278. The zero-order chi connectivity index (χ0) is 17.4. The lowest BCUT2D eigenvalue weighted by molar-refractivity contribution is -0.146. The van der Waals surface area contributed by atoms with Gasteiger partial charge in [-0.05, 0) is 30.2 Å². The zero-order valence-electron chi connectivity index (χ0n) is 13.7. The van der Waals surface area contributed by atoms with E-state index in [1.54, 1.807) is 0 Å². The maximum atomic E-state index is 10.8. The molecule has 2 aromatic carbocycles. The molecule has 0 spiro atoms. The Labute approximate surface area is 141 Å². The van der Waals surface area contributed by atoms with E-state index >= 15 is 0 Å². The van der Waals surface area contributed by atoms with Crippen LogP contribution in [0.2, 0.25) is 0 Å².